The van der Waals surface area contributed by atoms with E-state index in [-0.39, 0.29) is 12.7 Å². The number of hydrogen-bond donors (Lipinski definition) is 0. The molecule has 0 unspecified atom stereocenters. The number of nitrogens with zero attached hydrogens (tertiary/aromatic N) is 1. The second-order valence-corrected chi connectivity index (χ2v) is 8.96. The van der Waals surface area contributed by atoms with Crippen LogP contribution in [0.5, 0.6) is 5.75 Å². The lowest BCUT2D eigenvalue weighted by molar-refractivity contribution is -0.0801. The Morgan fingerprint density at radius 3 is 2.09 bits per heavy atom. The van der Waals surface area contributed by atoms with Gasteiger partial charge in [0.1, 0.15) is 12.4 Å². The van der Waals surface area contributed by atoms with Crippen molar-refractivity contribution in [1.29, 1.82) is 0 Å². The van der Waals surface area contributed by atoms with Crippen LogP contribution in [-0.2, 0) is 0 Å². The van der Waals surface area contributed by atoms with E-state index in [1.807, 2.05) is 12.1 Å². The van der Waals surface area contributed by atoms with Gasteiger partial charge in [0, 0.05) is 24.9 Å². The molecular formula is C28H36F3NO. The van der Waals surface area contributed by atoms with Gasteiger partial charge in [-0.1, -0.05) is 69.7 Å². The molecule has 1 aliphatic heterocycles. The lowest BCUT2D eigenvalue weighted by Crippen LogP contribution is -2.33. The van der Waals surface area contributed by atoms with E-state index in [0.717, 1.165) is 36.2 Å². The third-order valence-electron chi connectivity index (χ3n) is 6.40. The van der Waals surface area contributed by atoms with Crippen LogP contribution in [0.4, 0.5) is 18.9 Å². The molecule has 2 nitrogen and oxygen atoms in total. The Hall–Kier alpha value is -2.43. The zero-order chi connectivity index (χ0) is 23.5. The van der Waals surface area contributed by atoms with Gasteiger partial charge in [-0.3, -0.25) is 0 Å². The Bertz CT molecular complexity index is 835. The highest BCUT2D eigenvalue weighted by Crippen LogP contribution is 2.29. The number of rotatable bonds is 11. The molecule has 0 amide bonds. The summed E-state index contributed by atoms with van der Waals surface area (Å²) in [5.41, 5.74) is 3.45. The molecule has 2 aromatic rings. The Morgan fingerprint density at radius 1 is 0.879 bits per heavy atom. The fraction of sp³-hybridized carbons (Fsp3) is 0.500. The van der Waals surface area contributed by atoms with Crippen molar-refractivity contribution in [1.82, 2.24) is 0 Å². The zero-order valence-electron chi connectivity index (χ0n) is 19.6. The van der Waals surface area contributed by atoms with Crippen LogP contribution in [0.3, 0.4) is 0 Å². The highest BCUT2D eigenvalue weighted by atomic mass is 19.4. The SMILES string of the molecule is CCCCCCCC1CCN(c2ccc(-c3ccc(OC/C=C/C(F)(F)F)cc3)cc2)CC1. The Labute approximate surface area is 196 Å². The van der Waals surface area contributed by atoms with E-state index >= 15 is 0 Å². The summed E-state index contributed by atoms with van der Waals surface area (Å²) in [5.74, 6) is 1.43. The van der Waals surface area contributed by atoms with Crippen LogP contribution in [0.2, 0.25) is 0 Å². The first-order chi connectivity index (χ1) is 15.9. The molecule has 33 heavy (non-hydrogen) atoms. The number of halogens is 3. The maximum absolute atomic E-state index is 12.1. The number of benzene rings is 2. The summed E-state index contributed by atoms with van der Waals surface area (Å²) in [6, 6.07) is 16.1. The summed E-state index contributed by atoms with van der Waals surface area (Å²) in [5, 5.41) is 0. The molecule has 1 fully saturated rings. The number of allylic oxidation sites excluding steroid dienone is 1. The first kappa shape index (κ1) is 25.2. The smallest absolute Gasteiger partial charge is 0.409 e. The van der Waals surface area contributed by atoms with E-state index in [0.29, 0.717) is 5.75 Å². The maximum atomic E-state index is 12.1. The average Bonchev–Trinajstić information content (AvgIpc) is 2.82. The molecule has 1 aliphatic rings. The van der Waals surface area contributed by atoms with Crippen LogP contribution in [-0.4, -0.2) is 25.9 Å². The number of hydrogen-bond acceptors (Lipinski definition) is 2. The van der Waals surface area contributed by atoms with E-state index in [9.17, 15) is 13.2 Å². The molecule has 0 N–H and O–H groups in total. The van der Waals surface area contributed by atoms with Crippen LogP contribution in [0.25, 0.3) is 11.1 Å². The molecule has 1 heterocycles. The van der Waals surface area contributed by atoms with E-state index in [4.69, 9.17) is 4.74 Å². The van der Waals surface area contributed by atoms with Crippen LogP contribution in [0, 0.1) is 5.92 Å². The minimum absolute atomic E-state index is 0.108. The van der Waals surface area contributed by atoms with Crippen molar-refractivity contribution in [3.05, 3.63) is 60.7 Å². The largest absolute Gasteiger partial charge is 0.490 e. The molecule has 0 saturated carbocycles. The standard InChI is InChI=1S/C28H36F3NO/c1-2-3-4-5-6-8-23-17-20-32(21-18-23)26-13-9-24(10-14-26)25-11-15-27(16-12-25)33-22-7-19-28(29,30)31/h7,9-16,19,23H,2-6,8,17-18,20-22H2,1H3/b19-7+. The summed E-state index contributed by atoms with van der Waals surface area (Å²) >= 11 is 0. The first-order valence-corrected chi connectivity index (χ1v) is 12.3. The topological polar surface area (TPSA) is 12.5 Å². The fourth-order valence-electron chi connectivity index (χ4n) is 4.45. The van der Waals surface area contributed by atoms with Gasteiger partial charge in [-0.05, 0) is 60.2 Å². The quantitative estimate of drug-likeness (QED) is 0.247. The predicted molar refractivity (Wildman–Crippen MR) is 131 cm³/mol. The third kappa shape index (κ3) is 8.79. The maximum Gasteiger partial charge on any atom is 0.409 e. The molecule has 0 atom stereocenters. The number of ether oxygens (including phenoxy) is 1. The molecule has 0 bridgehead atoms. The summed E-state index contributed by atoms with van der Waals surface area (Å²) in [7, 11) is 0. The lowest BCUT2D eigenvalue weighted by Gasteiger charge is -2.33. The van der Waals surface area contributed by atoms with Gasteiger partial charge < -0.3 is 9.64 Å². The molecule has 0 spiro atoms. The first-order valence-electron chi connectivity index (χ1n) is 12.3. The summed E-state index contributed by atoms with van der Waals surface area (Å²) in [6.45, 7) is 4.42. The summed E-state index contributed by atoms with van der Waals surface area (Å²) in [6.07, 6.45) is 7.66. The normalized spacial score (nSPS) is 15.3. The predicted octanol–water partition coefficient (Wildman–Crippen LogP) is 8.43. The summed E-state index contributed by atoms with van der Waals surface area (Å²) < 4.78 is 41.7. The second-order valence-electron chi connectivity index (χ2n) is 8.96. The molecule has 3 rings (SSSR count). The van der Waals surface area contributed by atoms with Gasteiger partial charge in [-0.25, -0.2) is 0 Å². The van der Waals surface area contributed by atoms with Gasteiger partial charge >= 0.3 is 6.18 Å². The fourth-order valence-corrected chi connectivity index (χ4v) is 4.45. The molecule has 2 aromatic carbocycles. The van der Waals surface area contributed by atoms with Gasteiger partial charge in [0.05, 0.1) is 0 Å². The average molecular weight is 460 g/mol. The van der Waals surface area contributed by atoms with Gasteiger partial charge in [0.25, 0.3) is 0 Å². The number of unbranched alkanes of at least 4 members (excludes halogenated alkanes) is 4. The van der Waals surface area contributed by atoms with Gasteiger partial charge in [-0.15, -0.1) is 0 Å². The van der Waals surface area contributed by atoms with Crippen molar-refractivity contribution >= 4 is 5.69 Å². The van der Waals surface area contributed by atoms with Crippen molar-refractivity contribution < 1.29 is 17.9 Å². The highest BCUT2D eigenvalue weighted by Gasteiger charge is 2.21. The number of anilines is 1. The molecule has 5 heteroatoms. The van der Waals surface area contributed by atoms with Crippen molar-refractivity contribution in [3.63, 3.8) is 0 Å². The van der Waals surface area contributed by atoms with Crippen LogP contribution in [0.15, 0.2) is 60.7 Å². The minimum Gasteiger partial charge on any atom is -0.490 e. The van der Waals surface area contributed by atoms with Gasteiger partial charge in [0.15, 0.2) is 0 Å². The summed E-state index contributed by atoms with van der Waals surface area (Å²) in [4.78, 5) is 2.49. The second kappa shape index (κ2) is 12.7. The van der Waals surface area contributed by atoms with Crippen LogP contribution < -0.4 is 9.64 Å². The van der Waals surface area contributed by atoms with Crippen molar-refractivity contribution in [2.24, 2.45) is 5.92 Å². The molecule has 0 radical (unpaired) electrons. The van der Waals surface area contributed by atoms with Gasteiger partial charge in [-0.2, -0.15) is 13.2 Å². The Morgan fingerprint density at radius 2 is 1.48 bits per heavy atom. The van der Waals surface area contributed by atoms with E-state index in [1.54, 1.807) is 12.1 Å². The van der Waals surface area contributed by atoms with Crippen molar-refractivity contribution in [2.45, 2.75) is 64.5 Å². The van der Waals surface area contributed by atoms with E-state index < -0.39 is 6.18 Å². The molecule has 180 valence electrons. The van der Waals surface area contributed by atoms with E-state index in [2.05, 4.69) is 36.1 Å². The molecular weight excluding hydrogens is 423 g/mol. The highest BCUT2D eigenvalue weighted by molar-refractivity contribution is 5.67. The zero-order valence-corrected chi connectivity index (χ0v) is 19.6. The van der Waals surface area contributed by atoms with Gasteiger partial charge in [0.2, 0.25) is 0 Å². The van der Waals surface area contributed by atoms with Crippen LogP contribution in [0.1, 0.15) is 58.3 Å². The minimum atomic E-state index is -4.30. The van der Waals surface area contributed by atoms with Crippen molar-refractivity contribution in [3.8, 4) is 16.9 Å². The monoisotopic (exact) mass is 459 g/mol. The molecule has 0 aliphatic carbocycles. The number of piperidine rings is 1. The number of alkyl halides is 3. The molecule has 1 saturated heterocycles. The lowest BCUT2D eigenvalue weighted by atomic mass is 9.90. The van der Waals surface area contributed by atoms with Crippen LogP contribution >= 0.6 is 0 Å². The van der Waals surface area contributed by atoms with Crippen molar-refractivity contribution in [2.75, 3.05) is 24.6 Å². The Balaban J connectivity index is 1.44. The Kier molecular flexibility index (Phi) is 9.71. The van der Waals surface area contributed by atoms with E-state index in [1.165, 1.54) is 57.1 Å². The third-order valence-corrected chi connectivity index (χ3v) is 6.40. The molecule has 0 aromatic heterocycles.